The van der Waals surface area contributed by atoms with Crippen molar-refractivity contribution in [2.75, 3.05) is 0 Å². The van der Waals surface area contributed by atoms with E-state index in [4.69, 9.17) is 4.74 Å². The highest BCUT2D eigenvalue weighted by atomic mass is 16.5. The van der Waals surface area contributed by atoms with Crippen molar-refractivity contribution >= 4 is 0 Å². The maximum absolute atomic E-state index is 5.88. The van der Waals surface area contributed by atoms with E-state index in [1.54, 1.807) is 11.0 Å². The van der Waals surface area contributed by atoms with Crippen LogP contribution in [0.2, 0.25) is 0 Å². The zero-order chi connectivity index (χ0) is 14.7. The Morgan fingerprint density at radius 3 is 2.81 bits per heavy atom. The van der Waals surface area contributed by atoms with Crippen LogP contribution in [0.1, 0.15) is 16.7 Å². The average Bonchev–Trinajstić information content (AvgIpc) is 3.03. The van der Waals surface area contributed by atoms with Gasteiger partial charge in [0.2, 0.25) is 0 Å². The Balaban J connectivity index is 1.76. The lowest BCUT2D eigenvalue weighted by Crippen LogP contribution is -2.00. The summed E-state index contributed by atoms with van der Waals surface area (Å²) >= 11 is 0. The SMILES string of the molecule is Cc1ccc(C)c(COc2cccc(-n3cnnn3)c2)c1. The summed E-state index contributed by atoms with van der Waals surface area (Å²) < 4.78 is 7.49. The third kappa shape index (κ3) is 3.08. The van der Waals surface area contributed by atoms with Gasteiger partial charge in [0.15, 0.2) is 0 Å². The van der Waals surface area contributed by atoms with E-state index in [0.29, 0.717) is 6.61 Å². The fourth-order valence-electron chi connectivity index (χ4n) is 2.11. The molecule has 0 bridgehead atoms. The Kier molecular flexibility index (Phi) is 3.64. The van der Waals surface area contributed by atoms with Crippen LogP contribution in [0.5, 0.6) is 5.75 Å². The van der Waals surface area contributed by atoms with Crippen LogP contribution in [-0.2, 0) is 6.61 Å². The van der Waals surface area contributed by atoms with E-state index in [0.717, 1.165) is 11.4 Å². The molecule has 0 N–H and O–H groups in total. The minimum Gasteiger partial charge on any atom is -0.489 e. The Bertz CT molecular complexity index is 738. The van der Waals surface area contributed by atoms with E-state index < -0.39 is 0 Å². The monoisotopic (exact) mass is 280 g/mol. The Hall–Kier alpha value is -2.69. The number of aromatic nitrogens is 4. The van der Waals surface area contributed by atoms with E-state index in [9.17, 15) is 0 Å². The van der Waals surface area contributed by atoms with E-state index in [1.807, 2.05) is 24.3 Å². The molecule has 0 spiro atoms. The van der Waals surface area contributed by atoms with Gasteiger partial charge in [-0.3, -0.25) is 0 Å². The molecule has 21 heavy (non-hydrogen) atoms. The van der Waals surface area contributed by atoms with Crippen LogP contribution in [0.3, 0.4) is 0 Å². The van der Waals surface area contributed by atoms with Crippen LogP contribution in [0, 0.1) is 13.8 Å². The average molecular weight is 280 g/mol. The minimum absolute atomic E-state index is 0.548. The number of benzene rings is 2. The van der Waals surface area contributed by atoms with E-state index in [-0.39, 0.29) is 0 Å². The van der Waals surface area contributed by atoms with Crippen molar-refractivity contribution in [3.05, 3.63) is 65.5 Å². The predicted octanol–water partition coefficient (Wildman–Crippen LogP) is 2.86. The number of aryl methyl sites for hydroxylation is 2. The molecule has 0 aliphatic rings. The maximum Gasteiger partial charge on any atom is 0.143 e. The van der Waals surface area contributed by atoms with Crippen molar-refractivity contribution in [3.8, 4) is 11.4 Å². The highest BCUT2D eigenvalue weighted by molar-refractivity contribution is 5.38. The topological polar surface area (TPSA) is 52.8 Å². The molecule has 0 unspecified atom stereocenters. The van der Waals surface area contributed by atoms with Gasteiger partial charge in [-0.1, -0.05) is 29.8 Å². The molecule has 1 heterocycles. The van der Waals surface area contributed by atoms with Gasteiger partial charge in [-0.15, -0.1) is 5.10 Å². The fourth-order valence-corrected chi connectivity index (χ4v) is 2.11. The number of hydrogen-bond donors (Lipinski definition) is 0. The Morgan fingerprint density at radius 2 is 2.00 bits per heavy atom. The van der Waals surface area contributed by atoms with Crippen LogP contribution in [-0.4, -0.2) is 20.2 Å². The van der Waals surface area contributed by atoms with Gasteiger partial charge in [0.05, 0.1) is 5.69 Å². The summed E-state index contributed by atoms with van der Waals surface area (Å²) in [5.74, 6) is 0.795. The second-order valence-electron chi connectivity index (χ2n) is 4.97. The third-order valence-electron chi connectivity index (χ3n) is 3.33. The summed E-state index contributed by atoms with van der Waals surface area (Å²) in [5.41, 5.74) is 4.54. The molecule has 2 aromatic carbocycles. The molecular formula is C16H16N4O. The number of tetrazole rings is 1. The predicted molar refractivity (Wildman–Crippen MR) is 79.4 cm³/mol. The lowest BCUT2D eigenvalue weighted by Gasteiger charge is -2.10. The standard InChI is InChI=1S/C16H16N4O/c1-12-6-7-13(2)14(8-12)10-21-16-5-3-4-15(9-16)20-11-17-18-19-20/h3-9,11H,10H2,1-2H3. The van der Waals surface area contributed by atoms with Crippen molar-refractivity contribution in [2.45, 2.75) is 20.5 Å². The first-order valence-electron chi connectivity index (χ1n) is 6.75. The summed E-state index contributed by atoms with van der Waals surface area (Å²) in [6.07, 6.45) is 1.56. The molecule has 0 atom stereocenters. The quantitative estimate of drug-likeness (QED) is 0.737. The summed E-state index contributed by atoms with van der Waals surface area (Å²) in [4.78, 5) is 0. The van der Waals surface area contributed by atoms with Crippen LogP contribution in [0.15, 0.2) is 48.8 Å². The molecule has 0 fully saturated rings. The summed E-state index contributed by atoms with van der Waals surface area (Å²) in [5, 5.41) is 11.1. The highest BCUT2D eigenvalue weighted by Gasteiger charge is 2.03. The Morgan fingerprint density at radius 1 is 1.10 bits per heavy atom. The van der Waals surface area contributed by atoms with Crippen LogP contribution in [0.25, 0.3) is 5.69 Å². The summed E-state index contributed by atoms with van der Waals surface area (Å²) in [6, 6.07) is 14.1. The van der Waals surface area contributed by atoms with Gasteiger partial charge in [-0.05, 0) is 47.5 Å². The van der Waals surface area contributed by atoms with Crippen LogP contribution in [0.4, 0.5) is 0 Å². The molecule has 0 saturated heterocycles. The lowest BCUT2D eigenvalue weighted by molar-refractivity contribution is 0.305. The number of rotatable bonds is 4. The first-order valence-corrected chi connectivity index (χ1v) is 6.75. The maximum atomic E-state index is 5.88. The van der Waals surface area contributed by atoms with Gasteiger partial charge < -0.3 is 4.74 Å². The van der Waals surface area contributed by atoms with Gasteiger partial charge in [0.1, 0.15) is 18.7 Å². The molecule has 5 nitrogen and oxygen atoms in total. The number of hydrogen-bond acceptors (Lipinski definition) is 4. The molecule has 0 aliphatic carbocycles. The van der Waals surface area contributed by atoms with Gasteiger partial charge in [0, 0.05) is 6.07 Å². The molecule has 0 saturated carbocycles. The second-order valence-corrected chi connectivity index (χ2v) is 4.97. The first-order chi connectivity index (χ1) is 10.2. The molecule has 1 aromatic heterocycles. The fraction of sp³-hybridized carbons (Fsp3) is 0.188. The van der Waals surface area contributed by atoms with E-state index in [1.165, 1.54) is 16.7 Å². The van der Waals surface area contributed by atoms with Crippen molar-refractivity contribution in [1.29, 1.82) is 0 Å². The molecule has 0 aliphatic heterocycles. The van der Waals surface area contributed by atoms with E-state index in [2.05, 4.69) is 47.6 Å². The summed E-state index contributed by atoms with van der Waals surface area (Å²) in [7, 11) is 0. The third-order valence-corrected chi connectivity index (χ3v) is 3.33. The molecule has 3 rings (SSSR count). The van der Waals surface area contributed by atoms with Crippen molar-refractivity contribution < 1.29 is 4.74 Å². The van der Waals surface area contributed by atoms with Crippen LogP contribution < -0.4 is 4.74 Å². The largest absolute Gasteiger partial charge is 0.489 e. The highest BCUT2D eigenvalue weighted by Crippen LogP contribution is 2.18. The van der Waals surface area contributed by atoms with Gasteiger partial charge >= 0.3 is 0 Å². The summed E-state index contributed by atoms with van der Waals surface area (Å²) in [6.45, 7) is 4.73. The molecule has 3 aromatic rings. The van der Waals surface area contributed by atoms with Gasteiger partial charge in [0.25, 0.3) is 0 Å². The smallest absolute Gasteiger partial charge is 0.143 e. The van der Waals surface area contributed by atoms with E-state index >= 15 is 0 Å². The number of ether oxygens (including phenoxy) is 1. The zero-order valence-electron chi connectivity index (χ0n) is 12.0. The Labute approximate surface area is 123 Å². The lowest BCUT2D eigenvalue weighted by atomic mass is 10.1. The normalized spacial score (nSPS) is 10.6. The molecule has 106 valence electrons. The van der Waals surface area contributed by atoms with Crippen molar-refractivity contribution in [2.24, 2.45) is 0 Å². The zero-order valence-corrected chi connectivity index (χ0v) is 12.0. The van der Waals surface area contributed by atoms with Gasteiger partial charge in [-0.25, -0.2) is 4.68 Å². The molecule has 0 radical (unpaired) electrons. The van der Waals surface area contributed by atoms with Gasteiger partial charge in [-0.2, -0.15) is 0 Å². The van der Waals surface area contributed by atoms with Crippen molar-refractivity contribution in [3.63, 3.8) is 0 Å². The minimum atomic E-state index is 0.548. The molecule has 0 amide bonds. The van der Waals surface area contributed by atoms with Crippen LogP contribution >= 0.6 is 0 Å². The number of nitrogens with zero attached hydrogens (tertiary/aromatic N) is 4. The second kappa shape index (κ2) is 5.75. The molecule has 5 heteroatoms. The first kappa shape index (κ1) is 13.3. The van der Waals surface area contributed by atoms with Crippen molar-refractivity contribution in [1.82, 2.24) is 20.2 Å². The molecular weight excluding hydrogens is 264 g/mol.